The lowest BCUT2D eigenvalue weighted by Gasteiger charge is -2.28. The zero-order chi connectivity index (χ0) is 30.3. The van der Waals surface area contributed by atoms with Gasteiger partial charge in [-0.2, -0.15) is 0 Å². The number of thiophene rings is 1. The molecule has 1 heterocycles. The third-order valence-electron chi connectivity index (χ3n) is 6.24. The van der Waals surface area contributed by atoms with Crippen molar-refractivity contribution in [3.05, 3.63) is 94.6 Å². The molecule has 0 unspecified atom stereocenters. The molecule has 0 aliphatic carbocycles. The predicted octanol–water partition coefficient (Wildman–Crippen LogP) is 4.91. The molecule has 9 nitrogen and oxygen atoms in total. The summed E-state index contributed by atoms with van der Waals surface area (Å²) in [5.41, 5.74) is 14.1. The molecule has 1 aromatic heterocycles. The van der Waals surface area contributed by atoms with E-state index in [1.165, 1.54) is 43.7 Å². The number of hydrogen-bond donors (Lipinski definition) is 3. The van der Waals surface area contributed by atoms with Gasteiger partial charge in [-0.15, -0.1) is 11.3 Å². The van der Waals surface area contributed by atoms with Crippen molar-refractivity contribution in [2.24, 2.45) is 11.5 Å². The Morgan fingerprint density at radius 2 is 1.63 bits per heavy atom. The molecule has 0 atom stereocenters. The number of ether oxygens (including phenoxy) is 1. The number of nitrogens with one attached hydrogen (secondary N) is 1. The van der Waals surface area contributed by atoms with Crippen LogP contribution in [0.15, 0.2) is 66.3 Å². The van der Waals surface area contributed by atoms with Crippen LogP contribution in [-0.2, 0) is 17.8 Å². The molecule has 2 amide bonds. The summed E-state index contributed by atoms with van der Waals surface area (Å²) in [6.07, 6.45) is 3.39. The highest BCUT2D eigenvalue weighted by Gasteiger charge is 2.30. The lowest BCUT2D eigenvalue weighted by molar-refractivity contribution is 0.112. The average Bonchev–Trinajstić information content (AvgIpc) is 3.31. The summed E-state index contributed by atoms with van der Waals surface area (Å²) < 4.78 is 34.6. The Labute approximate surface area is 242 Å². The molecule has 0 spiro atoms. The number of benzene rings is 2. The Morgan fingerprint density at radius 1 is 1.00 bits per heavy atom. The van der Waals surface area contributed by atoms with Gasteiger partial charge in [0.15, 0.2) is 12.2 Å². The van der Waals surface area contributed by atoms with Crippen LogP contribution in [0.2, 0.25) is 0 Å². The number of aldehydes is 1. The minimum absolute atomic E-state index is 0.0189. The predicted molar refractivity (Wildman–Crippen MR) is 159 cm³/mol. The lowest BCUT2D eigenvalue weighted by Crippen LogP contribution is -2.42. The molecule has 41 heavy (non-hydrogen) atoms. The van der Waals surface area contributed by atoms with Crippen molar-refractivity contribution in [2.75, 3.05) is 45.5 Å². The van der Waals surface area contributed by atoms with Gasteiger partial charge in [-0.25, -0.2) is 13.6 Å². The molecule has 5 N–H and O–H groups in total. The summed E-state index contributed by atoms with van der Waals surface area (Å²) >= 11 is 1.18. The van der Waals surface area contributed by atoms with Crippen LogP contribution in [0.4, 0.5) is 24.3 Å². The standard InChI is InChI=1S/C29H34F2N6O3S/c1-34-19-11-9-18(10-12-19)27-20(15-35(2)3)22(17-38)28(41-27)37(16-21-23(30)7-6-8-24(21)31)29(39)36(4)25(32)13-14-26(33)40-5/h6-14,17,34H,15-16,32-33H2,1-5H3/b25-13+,26-14+. The number of carbonyl (C=O) groups excluding carboxylic acids is 2. The zero-order valence-electron chi connectivity index (χ0n) is 23.6. The van der Waals surface area contributed by atoms with Crippen LogP contribution in [0.3, 0.4) is 0 Å². The van der Waals surface area contributed by atoms with Gasteiger partial charge < -0.3 is 26.4 Å². The number of nitrogens with two attached hydrogens (primary N) is 2. The maximum atomic E-state index is 14.8. The Morgan fingerprint density at radius 3 is 2.17 bits per heavy atom. The van der Waals surface area contributed by atoms with E-state index in [1.54, 1.807) is 0 Å². The first-order valence-corrected chi connectivity index (χ1v) is 13.3. The van der Waals surface area contributed by atoms with Gasteiger partial charge in [-0.05, 0) is 55.6 Å². The summed E-state index contributed by atoms with van der Waals surface area (Å²) in [7, 11) is 8.30. The van der Waals surface area contributed by atoms with Crippen molar-refractivity contribution in [3.8, 4) is 10.4 Å². The van der Waals surface area contributed by atoms with Gasteiger partial charge in [0.25, 0.3) is 0 Å². The van der Waals surface area contributed by atoms with E-state index in [-0.39, 0.29) is 27.8 Å². The molecule has 3 rings (SSSR count). The van der Waals surface area contributed by atoms with Gasteiger partial charge in [0.2, 0.25) is 0 Å². The Hall–Kier alpha value is -4.42. The quantitative estimate of drug-likeness (QED) is 0.167. The number of urea groups is 1. The van der Waals surface area contributed by atoms with Crippen molar-refractivity contribution < 1.29 is 23.1 Å². The van der Waals surface area contributed by atoms with Crippen LogP contribution in [-0.4, -0.2) is 57.4 Å². The minimum Gasteiger partial charge on any atom is -0.483 e. The number of rotatable bonds is 11. The molecule has 12 heteroatoms. The second-order valence-corrected chi connectivity index (χ2v) is 10.3. The first kappa shape index (κ1) is 31.1. The molecule has 0 fully saturated rings. The normalized spacial score (nSPS) is 11.9. The monoisotopic (exact) mass is 584 g/mol. The van der Waals surface area contributed by atoms with Crippen molar-refractivity contribution in [1.29, 1.82) is 0 Å². The summed E-state index contributed by atoms with van der Waals surface area (Å²) in [6.45, 7) is -0.116. The molecule has 2 aromatic carbocycles. The second-order valence-electron chi connectivity index (χ2n) is 9.30. The van der Waals surface area contributed by atoms with Crippen LogP contribution >= 0.6 is 11.3 Å². The topological polar surface area (TPSA) is 117 Å². The van der Waals surface area contributed by atoms with Crippen LogP contribution in [0.5, 0.6) is 0 Å². The van der Waals surface area contributed by atoms with Crippen LogP contribution in [0.25, 0.3) is 10.4 Å². The van der Waals surface area contributed by atoms with Gasteiger partial charge in [0.05, 0.1) is 19.2 Å². The summed E-state index contributed by atoms with van der Waals surface area (Å²) in [5, 5.41) is 3.29. The van der Waals surface area contributed by atoms with E-state index in [2.05, 4.69) is 5.32 Å². The SMILES string of the molecule is CNc1ccc(-c2sc(N(Cc3c(F)cccc3F)C(=O)N(C)/C(N)=C/C=C(\N)OC)c(C=O)c2CN(C)C)cc1. The second kappa shape index (κ2) is 13.8. The molecule has 0 saturated carbocycles. The third-order valence-corrected chi connectivity index (χ3v) is 7.56. The molecule has 0 radical (unpaired) electrons. The molecule has 3 aromatic rings. The minimum atomic E-state index is -0.828. The highest BCUT2D eigenvalue weighted by atomic mass is 32.1. The average molecular weight is 585 g/mol. The maximum Gasteiger partial charge on any atom is 0.330 e. The van der Waals surface area contributed by atoms with Gasteiger partial charge >= 0.3 is 6.03 Å². The molecule has 0 saturated heterocycles. The number of anilines is 2. The van der Waals surface area contributed by atoms with Crippen LogP contribution < -0.4 is 21.7 Å². The van der Waals surface area contributed by atoms with E-state index < -0.39 is 24.2 Å². The van der Waals surface area contributed by atoms with Gasteiger partial charge in [-0.3, -0.25) is 14.6 Å². The van der Waals surface area contributed by atoms with E-state index in [0.29, 0.717) is 18.4 Å². The first-order valence-electron chi connectivity index (χ1n) is 12.5. The van der Waals surface area contributed by atoms with E-state index in [9.17, 15) is 18.4 Å². The van der Waals surface area contributed by atoms with Crippen molar-refractivity contribution in [1.82, 2.24) is 9.80 Å². The van der Waals surface area contributed by atoms with Crippen molar-refractivity contribution >= 4 is 34.3 Å². The third kappa shape index (κ3) is 7.21. The van der Waals surface area contributed by atoms with E-state index in [1.807, 2.05) is 50.3 Å². The summed E-state index contributed by atoms with van der Waals surface area (Å²) in [6, 6.07) is 10.3. The van der Waals surface area contributed by atoms with E-state index in [0.717, 1.165) is 38.1 Å². The lowest BCUT2D eigenvalue weighted by atomic mass is 10.0. The molecular weight excluding hydrogens is 550 g/mol. The fourth-order valence-electron chi connectivity index (χ4n) is 3.99. The molecular formula is C29H34F2N6O3S. The summed E-state index contributed by atoms with van der Waals surface area (Å²) in [5.74, 6) is -1.62. The van der Waals surface area contributed by atoms with E-state index in [4.69, 9.17) is 16.2 Å². The van der Waals surface area contributed by atoms with Crippen molar-refractivity contribution in [2.45, 2.75) is 13.1 Å². The summed E-state index contributed by atoms with van der Waals surface area (Å²) in [4.78, 5) is 31.4. The Kier molecular flexibility index (Phi) is 10.5. The molecule has 0 aliphatic heterocycles. The number of hydrogen-bond acceptors (Lipinski definition) is 8. The van der Waals surface area contributed by atoms with Gasteiger partial charge in [-0.1, -0.05) is 18.2 Å². The molecule has 218 valence electrons. The number of allylic oxidation sites excluding steroid dienone is 2. The Bertz CT molecular complexity index is 1430. The molecule has 0 aliphatic rings. The molecule has 0 bridgehead atoms. The zero-order valence-corrected chi connectivity index (χ0v) is 24.4. The number of amides is 2. The van der Waals surface area contributed by atoms with Crippen molar-refractivity contribution in [3.63, 3.8) is 0 Å². The van der Waals surface area contributed by atoms with Gasteiger partial charge in [0, 0.05) is 42.8 Å². The number of halogens is 2. The highest BCUT2D eigenvalue weighted by molar-refractivity contribution is 7.20. The first-order chi connectivity index (χ1) is 19.5. The van der Waals surface area contributed by atoms with E-state index >= 15 is 0 Å². The number of methoxy groups -OCH3 is 1. The fourth-order valence-corrected chi connectivity index (χ4v) is 5.27. The Balaban J connectivity index is 2.24. The highest BCUT2D eigenvalue weighted by Crippen LogP contribution is 2.43. The van der Waals surface area contributed by atoms with Crippen LogP contribution in [0, 0.1) is 11.6 Å². The maximum absolute atomic E-state index is 14.8. The smallest absolute Gasteiger partial charge is 0.330 e. The fraction of sp³-hybridized carbons (Fsp3) is 0.241. The van der Waals surface area contributed by atoms with Crippen LogP contribution in [0.1, 0.15) is 21.5 Å². The number of carbonyl (C=O) groups is 2. The van der Waals surface area contributed by atoms with Gasteiger partial charge in [0.1, 0.15) is 22.5 Å². The number of nitrogens with zero attached hydrogens (tertiary/aromatic N) is 3. The largest absolute Gasteiger partial charge is 0.483 e.